The van der Waals surface area contributed by atoms with Crippen molar-refractivity contribution in [3.63, 3.8) is 0 Å². The summed E-state index contributed by atoms with van der Waals surface area (Å²) in [4.78, 5) is 11.4. The van der Waals surface area contributed by atoms with E-state index in [0.717, 1.165) is 46.5 Å². The first-order valence-corrected chi connectivity index (χ1v) is 7.74. The Morgan fingerprint density at radius 3 is 2.73 bits per heavy atom. The molecule has 4 nitrogen and oxygen atoms in total. The van der Waals surface area contributed by atoms with Gasteiger partial charge in [-0.3, -0.25) is 4.98 Å². The topological polar surface area (TPSA) is 34.0 Å². The lowest BCUT2D eigenvalue weighted by molar-refractivity contribution is 0.277. The number of anilines is 1. The largest absolute Gasteiger partial charge is 0.356 e. The average molecular weight is 298 g/mol. The molecule has 1 aliphatic rings. The molecule has 0 spiro atoms. The monoisotopic (exact) mass is 298 g/mol. The van der Waals surface area contributed by atoms with E-state index in [0.29, 0.717) is 12.8 Å². The van der Waals surface area contributed by atoms with E-state index in [9.17, 15) is 4.39 Å². The second-order valence-corrected chi connectivity index (χ2v) is 6.10. The summed E-state index contributed by atoms with van der Waals surface area (Å²) in [5, 5.41) is 2.25. The van der Waals surface area contributed by atoms with Crippen LogP contribution in [0.2, 0.25) is 0 Å². The Morgan fingerprint density at radius 2 is 1.95 bits per heavy atom. The van der Waals surface area contributed by atoms with E-state index in [4.69, 9.17) is 4.98 Å². The molecule has 1 saturated heterocycles. The fourth-order valence-electron chi connectivity index (χ4n) is 3.30. The first-order valence-electron chi connectivity index (χ1n) is 7.74. The Kier molecular flexibility index (Phi) is 3.03. The summed E-state index contributed by atoms with van der Waals surface area (Å²) in [5.74, 6) is 0.940. The van der Waals surface area contributed by atoms with Crippen molar-refractivity contribution in [3.8, 4) is 0 Å². The number of halogens is 1. The van der Waals surface area contributed by atoms with Crippen molar-refractivity contribution >= 4 is 27.8 Å². The number of piperidine rings is 1. The smallest absolute Gasteiger partial charge is 0.143 e. The van der Waals surface area contributed by atoms with Gasteiger partial charge in [0.25, 0.3) is 0 Å². The first-order chi connectivity index (χ1) is 10.6. The molecule has 1 fully saturated rings. The molecular formula is C17H19FN4. The predicted molar refractivity (Wildman–Crippen MR) is 87.1 cm³/mol. The van der Waals surface area contributed by atoms with Gasteiger partial charge in [0.1, 0.15) is 17.6 Å². The van der Waals surface area contributed by atoms with Crippen LogP contribution in [0.4, 0.5) is 10.2 Å². The Bertz CT molecular complexity index is 847. The maximum atomic E-state index is 13.3. The van der Waals surface area contributed by atoms with E-state index in [1.54, 1.807) is 0 Å². The third kappa shape index (κ3) is 2.03. The highest BCUT2D eigenvalue weighted by Gasteiger charge is 2.20. The number of aryl methyl sites for hydroxylation is 2. The quantitative estimate of drug-likeness (QED) is 0.691. The van der Waals surface area contributed by atoms with Crippen LogP contribution >= 0.6 is 0 Å². The van der Waals surface area contributed by atoms with Crippen molar-refractivity contribution in [1.82, 2.24) is 14.5 Å². The van der Waals surface area contributed by atoms with Crippen LogP contribution in [0.1, 0.15) is 18.5 Å². The molecule has 3 aromatic heterocycles. The van der Waals surface area contributed by atoms with E-state index < -0.39 is 6.17 Å². The molecule has 0 atom stereocenters. The van der Waals surface area contributed by atoms with Crippen LogP contribution in [0, 0.1) is 6.92 Å². The second kappa shape index (κ2) is 4.93. The van der Waals surface area contributed by atoms with Crippen molar-refractivity contribution in [1.29, 1.82) is 0 Å². The van der Waals surface area contributed by atoms with Crippen LogP contribution in [-0.4, -0.2) is 33.8 Å². The van der Waals surface area contributed by atoms with Gasteiger partial charge in [0.2, 0.25) is 0 Å². The molecule has 0 N–H and O–H groups in total. The number of pyridine rings is 2. The molecule has 3 aromatic rings. The Hall–Kier alpha value is -2.17. The number of alkyl halides is 1. The van der Waals surface area contributed by atoms with Crippen molar-refractivity contribution in [2.45, 2.75) is 25.9 Å². The Labute approximate surface area is 128 Å². The molecule has 0 unspecified atom stereocenters. The van der Waals surface area contributed by atoms with Gasteiger partial charge in [-0.25, -0.2) is 9.37 Å². The highest BCUT2D eigenvalue weighted by molar-refractivity contribution is 6.06. The summed E-state index contributed by atoms with van der Waals surface area (Å²) in [6, 6.07) is 6.24. The van der Waals surface area contributed by atoms with Gasteiger partial charge in [-0.15, -0.1) is 0 Å². The summed E-state index contributed by atoms with van der Waals surface area (Å²) in [7, 11) is 2.04. The van der Waals surface area contributed by atoms with E-state index in [1.165, 1.54) is 0 Å². The predicted octanol–water partition coefficient (Wildman–Crippen LogP) is 3.37. The van der Waals surface area contributed by atoms with Crippen molar-refractivity contribution in [2.24, 2.45) is 7.05 Å². The molecule has 0 amide bonds. The molecule has 0 bridgehead atoms. The maximum Gasteiger partial charge on any atom is 0.143 e. The third-order valence-electron chi connectivity index (χ3n) is 4.60. The lowest BCUT2D eigenvalue weighted by Crippen LogP contribution is -2.34. The first kappa shape index (κ1) is 13.5. The summed E-state index contributed by atoms with van der Waals surface area (Å²) < 4.78 is 15.4. The molecule has 4 rings (SSSR count). The third-order valence-corrected chi connectivity index (χ3v) is 4.60. The Balaban J connectivity index is 1.83. The minimum absolute atomic E-state index is 0.595. The van der Waals surface area contributed by atoms with E-state index in [2.05, 4.69) is 26.6 Å². The van der Waals surface area contributed by atoms with E-state index in [1.807, 2.05) is 26.2 Å². The molecule has 1 aliphatic heterocycles. The fraction of sp³-hybridized carbons (Fsp3) is 0.412. The standard InChI is InChI=1S/C17H19FN4/c1-11-9-15-14(10-19-11)13-3-4-16(20-17(13)21(15)2)22-7-5-12(18)6-8-22/h3-4,9-10,12H,5-8H2,1-2H3. The maximum absolute atomic E-state index is 13.3. The molecule has 5 heteroatoms. The summed E-state index contributed by atoms with van der Waals surface area (Å²) in [5.41, 5.74) is 3.11. The van der Waals surface area contributed by atoms with Gasteiger partial charge >= 0.3 is 0 Å². The summed E-state index contributed by atoms with van der Waals surface area (Å²) >= 11 is 0. The van der Waals surface area contributed by atoms with Gasteiger partial charge in [-0.1, -0.05) is 0 Å². The number of fused-ring (bicyclic) bond motifs is 3. The zero-order valence-electron chi connectivity index (χ0n) is 12.9. The second-order valence-electron chi connectivity index (χ2n) is 6.10. The van der Waals surface area contributed by atoms with E-state index >= 15 is 0 Å². The lowest BCUT2D eigenvalue weighted by atomic mass is 10.1. The number of hydrogen-bond acceptors (Lipinski definition) is 3. The zero-order chi connectivity index (χ0) is 15.3. The van der Waals surface area contributed by atoms with Gasteiger partial charge in [0.05, 0.1) is 5.52 Å². The number of nitrogens with zero attached hydrogens (tertiary/aromatic N) is 4. The normalized spacial score (nSPS) is 16.8. The van der Waals surface area contributed by atoms with Gasteiger partial charge in [-0.05, 0) is 38.0 Å². The van der Waals surface area contributed by atoms with Crippen molar-refractivity contribution in [3.05, 3.63) is 30.1 Å². The lowest BCUT2D eigenvalue weighted by Gasteiger charge is -2.29. The van der Waals surface area contributed by atoms with Crippen LogP contribution < -0.4 is 4.90 Å². The Morgan fingerprint density at radius 1 is 1.18 bits per heavy atom. The molecule has 0 saturated carbocycles. The van der Waals surface area contributed by atoms with Gasteiger partial charge in [-0.2, -0.15) is 0 Å². The summed E-state index contributed by atoms with van der Waals surface area (Å²) in [6.07, 6.45) is 2.45. The minimum Gasteiger partial charge on any atom is -0.356 e. The van der Waals surface area contributed by atoms with Crippen LogP contribution in [0.25, 0.3) is 21.9 Å². The molecule has 0 aromatic carbocycles. The van der Waals surface area contributed by atoms with Gasteiger partial charge in [0.15, 0.2) is 0 Å². The highest BCUT2D eigenvalue weighted by atomic mass is 19.1. The summed E-state index contributed by atoms with van der Waals surface area (Å²) in [6.45, 7) is 3.48. The fourth-order valence-corrected chi connectivity index (χ4v) is 3.30. The zero-order valence-corrected chi connectivity index (χ0v) is 12.9. The molecule has 0 radical (unpaired) electrons. The molecule has 22 heavy (non-hydrogen) atoms. The number of rotatable bonds is 1. The van der Waals surface area contributed by atoms with Crippen LogP contribution in [-0.2, 0) is 7.05 Å². The number of hydrogen-bond donors (Lipinski definition) is 0. The highest BCUT2D eigenvalue weighted by Crippen LogP contribution is 2.29. The SMILES string of the molecule is Cc1cc2c(cn1)c1ccc(N3CCC(F)CC3)nc1n2C. The van der Waals surface area contributed by atoms with Crippen LogP contribution in [0.5, 0.6) is 0 Å². The number of aromatic nitrogens is 3. The molecule has 114 valence electrons. The van der Waals surface area contributed by atoms with E-state index in [-0.39, 0.29) is 0 Å². The van der Waals surface area contributed by atoms with Crippen molar-refractivity contribution < 1.29 is 4.39 Å². The molecular weight excluding hydrogens is 279 g/mol. The minimum atomic E-state index is -0.661. The van der Waals surface area contributed by atoms with Crippen molar-refractivity contribution in [2.75, 3.05) is 18.0 Å². The van der Waals surface area contributed by atoms with Crippen LogP contribution in [0.3, 0.4) is 0 Å². The average Bonchev–Trinajstić information content (AvgIpc) is 2.80. The van der Waals surface area contributed by atoms with Gasteiger partial charge < -0.3 is 9.47 Å². The van der Waals surface area contributed by atoms with Gasteiger partial charge in [0, 0.05) is 42.8 Å². The van der Waals surface area contributed by atoms with Crippen LogP contribution in [0.15, 0.2) is 24.4 Å². The molecule has 4 heterocycles. The molecule has 0 aliphatic carbocycles.